The van der Waals surface area contributed by atoms with Gasteiger partial charge < -0.3 is 14.8 Å². The fraction of sp³-hybridized carbons (Fsp3) is 0.474. The molecule has 128 valence electrons. The summed E-state index contributed by atoms with van der Waals surface area (Å²) in [4.78, 5) is 18.0. The van der Waals surface area contributed by atoms with Crippen LogP contribution >= 0.6 is 0 Å². The van der Waals surface area contributed by atoms with Crippen LogP contribution < -0.4 is 5.32 Å². The van der Waals surface area contributed by atoms with Gasteiger partial charge in [0.2, 0.25) is 5.91 Å². The zero-order valence-corrected chi connectivity index (χ0v) is 14.5. The molecule has 0 bridgehead atoms. The molecule has 5 heteroatoms. The molecule has 1 aliphatic heterocycles. The second-order valence-corrected chi connectivity index (χ2v) is 6.68. The number of benzene rings is 1. The Hall–Kier alpha value is -2.14. The van der Waals surface area contributed by atoms with Crippen molar-refractivity contribution in [2.45, 2.75) is 39.4 Å². The van der Waals surface area contributed by atoms with Crippen molar-refractivity contribution >= 4 is 5.91 Å². The van der Waals surface area contributed by atoms with Gasteiger partial charge >= 0.3 is 0 Å². The Morgan fingerprint density at radius 1 is 1.33 bits per heavy atom. The van der Waals surface area contributed by atoms with Crippen LogP contribution in [0.2, 0.25) is 0 Å². The lowest BCUT2D eigenvalue weighted by molar-refractivity contribution is -0.130. The summed E-state index contributed by atoms with van der Waals surface area (Å²) in [6, 6.07) is 10.9. The Morgan fingerprint density at radius 2 is 2.12 bits per heavy atom. The maximum absolute atomic E-state index is 11.5. The molecule has 24 heavy (non-hydrogen) atoms. The van der Waals surface area contributed by atoms with Gasteiger partial charge in [0.25, 0.3) is 0 Å². The second-order valence-electron chi connectivity index (χ2n) is 6.68. The molecule has 2 atom stereocenters. The predicted molar refractivity (Wildman–Crippen MR) is 94.4 cm³/mol. The number of aromatic nitrogens is 2. The van der Waals surface area contributed by atoms with Crippen LogP contribution in [0.4, 0.5) is 0 Å². The van der Waals surface area contributed by atoms with Crippen LogP contribution in [0.5, 0.6) is 0 Å². The average molecular weight is 326 g/mol. The summed E-state index contributed by atoms with van der Waals surface area (Å²) in [5, 5.41) is 3.64. The fourth-order valence-corrected chi connectivity index (χ4v) is 3.39. The molecule has 5 nitrogen and oxygen atoms in total. The first kappa shape index (κ1) is 16.7. The van der Waals surface area contributed by atoms with Crippen LogP contribution in [0, 0.1) is 5.92 Å². The Balaban J connectivity index is 1.56. The van der Waals surface area contributed by atoms with Gasteiger partial charge in [-0.05, 0) is 17.9 Å². The number of rotatable bonds is 5. The molecule has 1 aromatic heterocycles. The highest BCUT2D eigenvalue weighted by Crippen LogP contribution is 2.17. The summed E-state index contributed by atoms with van der Waals surface area (Å²) in [7, 11) is 0. The van der Waals surface area contributed by atoms with Crippen LogP contribution in [0.3, 0.4) is 0 Å². The van der Waals surface area contributed by atoms with E-state index < -0.39 is 0 Å². The Kier molecular flexibility index (Phi) is 5.30. The molecule has 0 radical (unpaired) electrons. The van der Waals surface area contributed by atoms with E-state index in [2.05, 4.69) is 46.1 Å². The Bertz CT molecular complexity index is 667. The molecule has 2 heterocycles. The van der Waals surface area contributed by atoms with Crippen molar-refractivity contribution in [2.75, 3.05) is 13.1 Å². The summed E-state index contributed by atoms with van der Waals surface area (Å²) in [6.45, 7) is 7.15. The molecule has 0 saturated carbocycles. The zero-order chi connectivity index (χ0) is 16.9. The third-order valence-corrected chi connectivity index (χ3v) is 4.87. The third kappa shape index (κ3) is 4.03. The molecule has 0 spiro atoms. The number of imidazole rings is 1. The van der Waals surface area contributed by atoms with Crippen LogP contribution in [0.25, 0.3) is 0 Å². The van der Waals surface area contributed by atoms with Crippen molar-refractivity contribution in [3.8, 4) is 0 Å². The van der Waals surface area contributed by atoms with Crippen LogP contribution in [-0.2, 0) is 17.9 Å². The molecule has 1 aromatic carbocycles. The minimum absolute atomic E-state index is 0.179. The van der Waals surface area contributed by atoms with Crippen molar-refractivity contribution < 1.29 is 4.79 Å². The number of likely N-dealkylation sites (tertiary alicyclic amines) is 1. The van der Waals surface area contributed by atoms with Crippen molar-refractivity contribution in [3.05, 3.63) is 54.1 Å². The van der Waals surface area contributed by atoms with Gasteiger partial charge in [0, 0.05) is 45.0 Å². The highest BCUT2D eigenvalue weighted by atomic mass is 16.2. The van der Waals surface area contributed by atoms with Crippen LogP contribution in [0.15, 0.2) is 42.7 Å². The normalized spacial score (nSPS) is 21.0. The zero-order valence-electron chi connectivity index (χ0n) is 14.5. The van der Waals surface area contributed by atoms with E-state index in [0.717, 1.165) is 38.4 Å². The van der Waals surface area contributed by atoms with Crippen molar-refractivity contribution in [1.82, 2.24) is 19.8 Å². The van der Waals surface area contributed by atoms with Gasteiger partial charge in [-0.15, -0.1) is 0 Å². The second kappa shape index (κ2) is 7.62. The van der Waals surface area contributed by atoms with Crippen LogP contribution in [0.1, 0.15) is 31.7 Å². The number of hydrogen-bond acceptors (Lipinski definition) is 3. The SMILES string of the molecule is CC(=O)N1CCC(NCc2nccn2Cc2ccccc2)C(C)C1. The number of nitrogens with zero attached hydrogens (tertiary/aromatic N) is 3. The first-order valence-electron chi connectivity index (χ1n) is 8.66. The van der Waals surface area contributed by atoms with Crippen molar-refractivity contribution in [1.29, 1.82) is 0 Å². The molecule has 1 amide bonds. The quantitative estimate of drug-likeness (QED) is 0.917. The van der Waals surface area contributed by atoms with E-state index in [1.54, 1.807) is 6.92 Å². The summed E-state index contributed by atoms with van der Waals surface area (Å²) >= 11 is 0. The van der Waals surface area contributed by atoms with Crippen molar-refractivity contribution in [3.63, 3.8) is 0 Å². The van der Waals surface area contributed by atoms with E-state index >= 15 is 0 Å². The van der Waals surface area contributed by atoms with E-state index in [9.17, 15) is 4.79 Å². The van der Waals surface area contributed by atoms with E-state index in [1.807, 2.05) is 23.4 Å². The monoisotopic (exact) mass is 326 g/mol. The largest absolute Gasteiger partial charge is 0.343 e. The van der Waals surface area contributed by atoms with Gasteiger partial charge in [0.15, 0.2) is 0 Å². The summed E-state index contributed by atoms with van der Waals surface area (Å²) in [6.07, 6.45) is 4.90. The fourth-order valence-electron chi connectivity index (χ4n) is 3.39. The van der Waals surface area contributed by atoms with E-state index in [4.69, 9.17) is 0 Å². The van der Waals surface area contributed by atoms with Gasteiger partial charge in [-0.3, -0.25) is 4.79 Å². The number of piperidine rings is 1. The smallest absolute Gasteiger partial charge is 0.219 e. The lowest BCUT2D eigenvalue weighted by Gasteiger charge is -2.37. The Morgan fingerprint density at radius 3 is 2.83 bits per heavy atom. The average Bonchev–Trinajstić information content (AvgIpc) is 3.01. The topological polar surface area (TPSA) is 50.2 Å². The molecule has 1 aliphatic rings. The maximum Gasteiger partial charge on any atom is 0.219 e. The van der Waals surface area contributed by atoms with Gasteiger partial charge in [0.05, 0.1) is 6.54 Å². The molecular formula is C19H26N4O. The number of hydrogen-bond donors (Lipinski definition) is 1. The van der Waals surface area contributed by atoms with E-state index in [0.29, 0.717) is 12.0 Å². The molecule has 0 aliphatic carbocycles. The predicted octanol–water partition coefficient (Wildman–Crippen LogP) is 2.28. The lowest BCUT2D eigenvalue weighted by Crippen LogP contribution is -2.49. The molecule has 1 fully saturated rings. The molecule has 2 unspecified atom stereocenters. The summed E-state index contributed by atoms with van der Waals surface area (Å²) < 4.78 is 2.19. The molecule has 2 aromatic rings. The van der Waals surface area contributed by atoms with Gasteiger partial charge in [0.1, 0.15) is 5.82 Å². The first-order chi connectivity index (χ1) is 11.6. The minimum Gasteiger partial charge on any atom is -0.343 e. The first-order valence-corrected chi connectivity index (χ1v) is 8.66. The van der Waals surface area contributed by atoms with Gasteiger partial charge in [-0.1, -0.05) is 37.3 Å². The third-order valence-electron chi connectivity index (χ3n) is 4.87. The maximum atomic E-state index is 11.5. The highest BCUT2D eigenvalue weighted by molar-refractivity contribution is 5.73. The standard InChI is InChI=1S/C19H26N4O/c1-15-13-22(16(2)24)10-8-18(15)21-12-19-20-9-11-23(19)14-17-6-4-3-5-7-17/h3-7,9,11,15,18,21H,8,10,12-14H2,1-2H3. The molecular weight excluding hydrogens is 300 g/mol. The lowest BCUT2D eigenvalue weighted by atomic mass is 9.94. The summed E-state index contributed by atoms with van der Waals surface area (Å²) in [5.41, 5.74) is 1.28. The highest BCUT2D eigenvalue weighted by Gasteiger charge is 2.27. The van der Waals surface area contributed by atoms with E-state index in [-0.39, 0.29) is 5.91 Å². The van der Waals surface area contributed by atoms with Crippen LogP contribution in [-0.4, -0.2) is 39.5 Å². The molecule has 1 saturated heterocycles. The Labute approximate surface area is 143 Å². The number of carbonyl (C=O) groups excluding carboxylic acids is 1. The minimum atomic E-state index is 0.179. The van der Waals surface area contributed by atoms with Gasteiger partial charge in [-0.25, -0.2) is 4.98 Å². The number of amides is 1. The number of nitrogens with one attached hydrogen (secondary N) is 1. The molecule has 3 rings (SSSR count). The molecule has 1 N–H and O–H groups in total. The van der Waals surface area contributed by atoms with Crippen molar-refractivity contribution in [2.24, 2.45) is 5.92 Å². The van der Waals surface area contributed by atoms with Gasteiger partial charge in [-0.2, -0.15) is 0 Å². The summed E-state index contributed by atoms with van der Waals surface area (Å²) in [5.74, 6) is 1.69. The number of carbonyl (C=O) groups is 1. The van der Waals surface area contributed by atoms with E-state index in [1.165, 1.54) is 5.56 Å².